The molecule has 0 aromatic heterocycles. The molecular formula is C12H22O2. The minimum atomic E-state index is -0.0847. The molecule has 2 heteroatoms. The molecule has 1 rings (SSSR count). The quantitative estimate of drug-likeness (QED) is 0.649. The Kier molecular flexibility index (Phi) is 3.07. The zero-order valence-electron chi connectivity index (χ0n) is 10.2. The van der Waals surface area contributed by atoms with Crippen LogP contribution in [0.3, 0.4) is 0 Å². The van der Waals surface area contributed by atoms with Gasteiger partial charge in [-0.05, 0) is 17.9 Å². The second kappa shape index (κ2) is 3.67. The highest BCUT2D eigenvalue weighted by atomic mass is 16.5. The Morgan fingerprint density at radius 1 is 1.29 bits per heavy atom. The van der Waals surface area contributed by atoms with Gasteiger partial charge in [-0.15, -0.1) is 0 Å². The maximum absolute atomic E-state index is 5.53. The summed E-state index contributed by atoms with van der Waals surface area (Å²) in [5, 5.41) is 0. The number of ether oxygens (including phenoxy) is 2. The third-order valence-corrected chi connectivity index (χ3v) is 3.16. The van der Waals surface area contributed by atoms with Crippen LogP contribution in [0.4, 0.5) is 0 Å². The van der Waals surface area contributed by atoms with E-state index in [1.165, 1.54) is 11.1 Å². The first-order valence-electron chi connectivity index (χ1n) is 5.12. The van der Waals surface area contributed by atoms with Crippen LogP contribution in [0.25, 0.3) is 0 Å². The summed E-state index contributed by atoms with van der Waals surface area (Å²) < 4.78 is 10.8. The summed E-state index contributed by atoms with van der Waals surface area (Å²) in [6.45, 7) is 9.56. The molecule has 0 bridgehead atoms. The number of hydrogen-bond donors (Lipinski definition) is 0. The SMILES string of the molecule is COCC1=C(C(C)(C)C)CC1(C)OC. The predicted octanol–water partition coefficient (Wildman–Crippen LogP) is 2.78. The average Bonchev–Trinajstić information content (AvgIpc) is 2.08. The Balaban J connectivity index is 2.94. The molecule has 0 saturated carbocycles. The summed E-state index contributed by atoms with van der Waals surface area (Å²) >= 11 is 0. The first kappa shape index (κ1) is 11.7. The van der Waals surface area contributed by atoms with E-state index in [4.69, 9.17) is 9.47 Å². The Morgan fingerprint density at radius 2 is 1.86 bits per heavy atom. The van der Waals surface area contributed by atoms with E-state index >= 15 is 0 Å². The molecule has 1 aliphatic rings. The topological polar surface area (TPSA) is 18.5 Å². The molecule has 82 valence electrons. The molecule has 0 aromatic rings. The van der Waals surface area contributed by atoms with E-state index in [0.717, 1.165) is 6.42 Å². The molecule has 1 atom stereocenters. The summed E-state index contributed by atoms with van der Waals surface area (Å²) in [5.74, 6) is 0. The lowest BCUT2D eigenvalue weighted by atomic mass is 9.65. The van der Waals surface area contributed by atoms with Gasteiger partial charge in [0.05, 0.1) is 12.2 Å². The van der Waals surface area contributed by atoms with Gasteiger partial charge in [-0.25, -0.2) is 0 Å². The second-order valence-corrected chi connectivity index (χ2v) is 5.25. The molecule has 0 spiro atoms. The van der Waals surface area contributed by atoms with E-state index in [1.807, 2.05) is 0 Å². The van der Waals surface area contributed by atoms with Gasteiger partial charge in [-0.3, -0.25) is 0 Å². The minimum absolute atomic E-state index is 0.0847. The van der Waals surface area contributed by atoms with Crippen LogP contribution in [-0.2, 0) is 9.47 Å². The van der Waals surface area contributed by atoms with Crippen LogP contribution in [0.1, 0.15) is 34.1 Å². The van der Waals surface area contributed by atoms with Gasteiger partial charge in [-0.1, -0.05) is 26.3 Å². The summed E-state index contributed by atoms with van der Waals surface area (Å²) in [7, 11) is 3.51. The maximum Gasteiger partial charge on any atom is 0.0921 e. The van der Waals surface area contributed by atoms with Gasteiger partial charge >= 0.3 is 0 Å². The first-order valence-corrected chi connectivity index (χ1v) is 5.12. The molecule has 0 saturated heterocycles. The van der Waals surface area contributed by atoms with E-state index in [9.17, 15) is 0 Å². The van der Waals surface area contributed by atoms with Crippen LogP contribution in [0.5, 0.6) is 0 Å². The Morgan fingerprint density at radius 3 is 2.21 bits per heavy atom. The van der Waals surface area contributed by atoms with Crippen molar-refractivity contribution in [1.29, 1.82) is 0 Å². The number of hydrogen-bond acceptors (Lipinski definition) is 2. The fraction of sp³-hybridized carbons (Fsp3) is 0.833. The van der Waals surface area contributed by atoms with Crippen molar-refractivity contribution in [2.24, 2.45) is 5.41 Å². The third kappa shape index (κ3) is 1.86. The monoisotopic (exact) mass is 198 g/mol. The zero-order chi connectivity index (χ0) is 11.0. The van der Waals surface area contributed by atoms with Crippen molar-refractivity contribution >= 4 is 0 Å². The van der Waals surface area contributed by atoms with Gasteiger partial charge < -0.3 is 9.47 Å². The molecule has 0 radical (unpaired) electrons. The number of rotatable bonds is 3. The third-order valence-electron chi connectivity index (χ3n) is 3.16. The summed E-state index contributed by atoms with van der Waals surface area (Å²) in [4.78, 5) is 0. The van der Waals surface area contributed by atoms with Crippen molar-refractivity contribution < 1.29 is 9.47 Å². The highest BCUT2D eigenvalue weighted by Crippen LogP contribution is 2.48. The van der Waals surface area contributed by atoms with Gasteiger partial charge in [0, 0.05) is 20.6 Å². The van der Waals surface area contributed by atoms with Crippen molar-refractivity contribution in [2.75, 3.05) is 20.8 Å². The Hall–Kier alpha value is -0.340. The van der Waals surface area contributed by atoms with Gasteiger partial charge in [0.1, 0.15) is 0 Å². The predicted molar refractivity (Wildman–Crippen MR) is 58.4 cm³/mol. The highest BCUT2D eigenvalue weighted by molar-refractivity contribution is 5.40. The molecular weight excluding hydrogens is 176 g/mol. The van der Waals surface area contributed by atoms with Crippen molar-refractivity contribution in [3.8, 4) is 0 Å². The van der Waals surface area contributed by atoms with E-state index < -0.39 is 0 Å². The summed E-state index contributed by atoms with van der Waals surface area (Å²) in [5.41, 5.74) is 2.98. The van der Waals surface area contributed by atoms with E-state index in [2.05, 4.69) is 27.7 Å². The fourth-order valence-corrected chi connectivity index (χ4v) is 2.06. The van der Waals surface area contributed by atoms with E-state index in [-0.39, 0.29) is 11.0 Å². The lowest BCUT2D eigenvalue weighted by Gasteiger charge is -2.47. The molecule has 0 amide bonds. The Labute approximate surface area is 87.3 Å². The molecule has 0 N–H and O–H groups in total. The zero-order valence-corrected chi connectivity index (χ0v) is 10.2. The lowest BCUT2D eigenvalue weighted by molar-refractivity contribution is -0.00219. The smallest absolute Gasteiger partial charge is 0.0921 e. The van der Waals surface area contributed by atoms with Crippen molar-refractivity contribution in [2.45, 2.75) is 39.7 Å². The molecule has 2 nitrogen and oxygen atoms in total. The van der Waals surface area contributed by atoms with Gasteiger partial charge in [0.25, 0.3) is 0 Å². The molecule has 0 aliphatic heterocycles. The molecule has 1 aliphatic carbocycles. The molecule has 1 unspecified atom stereocenters. The highest BCUT2D eigenvalue weighted by Gasteiger charge is 2.44. The van der Waals surface area contributed by atoms with Crippen molar-refractivity contribution in [3.05, 3.63) is 11.1 Å². The average molecular weight is 198 g/mol. The maximum atomic E-state index is 5.53. The van der Waals surface area contributed by atoms with Crippen LogP contribution in [0, 0.1) is 5.41 Å². The summed E-state index contributed by atoms with van der Waals surface area (Å²) in [6, 6.07) is 0. The van der Waals surface area contributed by atoms with Gasteiger partial charge in [0.2, 0.25) is 0 Å². The fourth-order valence-electron chi connectivity index (χ4n) is 2.06. The normalized spacial score (nSPS) is 27.9. The first-order chi connectivity index (χ1) is 6.35. The molecule has 0 aromatic carbocycles. The van der Waals surface area contributed by atoms with Crippen LogP contribution < -0.4 is 0 Å². The number of methoxy groups -OCH3 is 2. The minimum Gasteiger partial charge on any atom is -0.380 e. The van der Waals surface area contributed by atoms with E-state index in [1.54, 1.807) is 14.2 Å². The van der Waals surface area contributed by atoms with Gasteiger partial charge in [0.15, 0.2) is 0 Å². The van der Waals surface area contributed by atoms with Gasteiger partial charge in [-0.2, -0.15) is 0 Å². The van der Waals surface area contributed by atoms with Crippen LogP contribution >= 0.6 is 0 Å². The van der Waals surface area contributed by atoms with Crippen LogP contribution in [0.15, 0.2) is 11.1 Å². The van der Waals surface area contributed by atoms with Crippen molar-refractivity contribution in [3.63, 3.8) is 0 Å². The molecule has 0 heterocycles. The molecule has 14 heavy (non-hydrogen) atoms. The van der Waals surface area contributed by atoms with Crippen LogP contribution in [0.2, 0.25) is 0 Å². The molecule has 0 fully saturated rings. The largest absolute Gasteiger partial charge is 0.380 e. The summed E-state index contributed by atoms with van der Waals surface area (Å²) in [6.07, 6.45) is 1.03. The van der Waals surface area contributed by atoms with Crippen LogP contribution in [-0.4, -0.2) is 26.4 Å². The second-order valence-electron chi connectivity index (χ2n) is 5.25. The van der Waals surface area contributed by atoms with Crippen molar-refractivity contribution in [1.82, 2.24) is 0 Å². The lowest BCUT2D eigenvalue weighted by Crippen LogP contribution is -2.44. The Bertz CT molecular complexity index is 248. The van der Waals surface area contributed by atoms with E-state index in [0.29, 0.717) is 6.61 Å². The standard InChI is InChI=1S/C12H22O2/c1-11(2,3)9-7-12(4,14-6)10(9)8-13-5/h7-8H2,1-6H3.